The second-order valence-corrected chi connectivity index (χ2v) is 5.75. The van der Waals surface area contributed by atoms with Crippen LogP contribution in [-0.4, -0.2) is 37.2 Å². The largest absolute Gasteiger partial charge is 0.741 e. The highest BCUT2D eigenvalue weighted by atomic mass is 32.2. The van der Waals surface area contributed by atoms with Crippen molar-refractivity contribution >= 4 is 15.8 Å². The molecule has 2 rings (SSSR count). The second-order valence-electron chi connectivity index (χ2n) is 4.38. The van der Waals surface area contributed by atoms with Gasteiger partial charge in [-0.3, -0.25) is 0 Å². The molecule has 1 heterocycles. The van der Waals surface area contributed by atoms with Crippen molar-refractivity contribution in [2.75, 3.05) is 13.6 Å². The van der Waals surface area contributed by atoms with Crippen LogP contribution >= 0.6 is 0 Å². The maximum atomic E-state index is 10.7. The molecule has 0 aromatic heterocycles. The summed E-state index contributed by atoms with van der Waals surface area (Å²) in [5.74, 6) is 0.333. The van der Waals surface area contributed by atoms with Gasteiger partial charge in [-0.1, -0.05) is 0 Å². The third-order valence-corrected chi connectivity index (χ3v) is 3.36. The molecule has 0 saturated carbocycles. The predicted molar refractivity (Wildman–Crippen MR) is 68.2 cm³/mol. The van der Waals surface area contributed by atoms with Gasteiger partial charge in [0.15, 0.2) is 10.1 Å². The molecule has 1 unspecified atom stereocenters. The van der Waals surface area contributed by atoms with E-state index in [1.54, 1.807) is 12.1 Å². The summed E-state index contributed by atoms with van der Waals surface area (Å²) in [6.07, 6.45) is 3.42. The molecule has 0 bridgehead atoms. The van der Waals surface area contributed by atoms with Gasteiger partial charge >= 0.3 is 5.51 Å². The van der Waals surface area contributed by atoms with Crippen LogP contribution in [0.25, 0.3) is 5.70 Å². The van der Waals surface area contributed by atoms with Crippen molar-refractivity contribution in [2.45, 2.75) is 11.9 Å². The lowest BCUT2D eigenvalue weighted by Gasteiger charge is -2.09. The van der Waals surface area contributed by atoms with Crippen molar-refractivity contribution in [3.63, 3.8) is 0 Å². The molecule has 2 N–H and O–H groups in total. The topological polar surface area (TPSA) is 81.9 Å². The minimum atomic E-state index is -6.09. The first-order valence-corrected chi connectivity index (χ1v) is 7.27. The van der Waals surface area contributed by atoms with E-state index in [0.29, 0.717) is 5.75 Å². The molecule has 1 aliphatic rings. The average molecular weight is 325 g/mol. The molecule has 21 heavy (non-hydrogen) atoms. The van der Waals surface area contributed by atoms with Gasteiger partial charge in [0.25, 0.3) is 0 Å². The lowest BCUT2D eigenvalue weighted by atomic mass is 10.1. The van der Waals surface area contributed by atoms with E-state index in [0.717, 1.165) is 6.42 Å². The Morgan fingerprint density at radius 3 is 2.05 bits per heavy atom. The molecule has 0 fully saturated rings. The normalized spacial score (nSPS) is 18.7. The zero-order valence-electron chi connectivity index (χ0n) is 11.0. The Kier molecular flexibility index (Phi) is 5.37. The minimum absolute atomic E-state index is 0.333. The van der Waals surface area contributed by atoms with Gasteiger partial charge in [-0.05, 0) is 30.3 Å². The van der Waals surface area contributed by atoms with Gasteiger partial charge in [-0.25, -0.2) is 8.42 Å². The van der Waals surface area contributed by atoms with Crippen LogP contribution in [0.4, 0.5) is 13.2 Å². The molecule has 1 aromatic rings. The Bertz CT molecular complexity index is 608. The summed E-state index contributed by atoms with van der Waals surface area (Å²) < 4.78 is 58.9. The molecule has 1 atom stereocenters. The summed E-state index contributed by atoms with van der Waals surface area (Å²) >= 11 is 0. The molecule has 0 amide bonds. The summed E-state index contributed by atoms with van der Waals surface area (Å²) in [6.45, 7) is 1.18. The van der Waals surface area contributed by atoms with Crippen LogP contribution in [-0.2, 0) is 10.1 Å². The van der Waals surface area contributed by atoms with Crippen LogP contribution in [0.5, 0.6) is 5.75 Å². The van der Waals surface area contributed by atoms with E-state index in [-0.39, 0.29) is 0 Å². The number of quaternary nitrogens is 1. The van der Waals surface area contributed by atoms with Gasteiger partial charge < -0.3 is 14.6 Å². The fourth-order valence-electron chi connectivity index (χ4n) is 1.75. The first-order valence-electron chi connectivity index (χ1n) is 5.87. The zero-order chi connectivity index (χ0) is 16.3. The Hall–Kier alpha value is -1.58. The van der Waals surface area contributed by atoms with Crippen LogP contribution in [0, 0.1) is 0 Å². The van der Waals surface area contributed by atoms with Crippen molar-refractivity contribution < 1.29 is 36.1 Å². The van der Waals surface area contributed by atoms with Gasteiger partial charge in [0, 0.05) is 12.0 Å². The van der Waals surface area contributed by atoms with E-state index in [9.17, 15) is 13.2 Å². The number of rotatable bonds is 1. The van der Waals surface area contributed by atoms with Crippen LogP contribution in [0.2, 0.25) is 0 Å². The quantitative estimate of drug-likeness (QED) is 0.588. The van der Waals surface area contributed by atoms with E-state index >= 15 is 0 Å². The molecule has 0 spiro atoms. The Morgan fingerprint density at radius 2 is 1.71 bits per heavy atom. The molecule has 0 saturated heterocycles. The monoisotopic (exact) mass is 325 g/mol. The number of phenolic OH excluding ortho intramolecular Hbond substituents is 1. The number of phenols is 1. The number of benzene rings is 1. The Balaban J connectivity index is 0.000000240. The maximum Gasteiger partial charge on any atom is 0.485 e. The highest BCUT2D eigenvalue weighted by molar-refractivity contribution is 7.86. The number of hydrogen-bond acceptors (Lipinski definition) is 4. The maximum absolute atomic E-state index is 10.7. The van der Waals surface area contributed by atoms with Crippen LogP contribution in [0.15, 0.2) is 30.3 Å². The van der Waals surface area contributed by atoms with Crippen LogP contribution < -0.4 is 4.90 Å². The Morgan fingerprint density at radius 1 is 1.24 bits per heavy atom. The van der Waals surface area contributed by atoms with Crippen LogP contribution in [0.1, 0.15) is 12.0 Å². The lowest BCUT2D eigenvalue weighted by molar-refractivity contribution is -0.796. The number of aromatic hydroxyl groups is 1. The van der Waals surface area contributed by atoms with E-state index < -0.39 is 15.6 Å². The molecule has 9 heteroatoms. The summed E-state index contributed by atoms with van der Waals surface area (Å²) in [7, 11) is -3.92. The zero-order valence-corrected chi connectivity index (χ0v) is 11.8. The second kappa shape index (κ2) is 6.46. The van der Waals surface area contributed by atoms with Gasteiger partial charge in [0.05, 0.1) is 13.6 Å². The SMILES string of the molecule is C[NH+]1CCC=C1c1ccc(O)cc1.O=S(=O)([O-])C(F)(F)F. The standard InChI is InChI=1S/C11H13NO.CHF3O3S/c1-12-8-2-3-11(12)9-4-6-10(13)7-5-9;2-1(3,4)8(5,6)7/h3-7,13H,2,8H2,1H3;(H,5,6,7). The van der Waals surface area contributed by atoms with E-state index in [1.165, 1.54) is 22.7 Å². The third kappa shape index (κ3) is 5.03. The molecule has 118 valence electrons. The van der Waals surface area contributed by atoms with Gasteiger partial charge in [-0.2, -0.15) is 13.2 Å². The first-order chi connectivity index (χ1) is 9.52. The fraction of sp³-hybridized carbons (Fsp3) is 0.333. The molecule has 0 radical (unpaired) electrons. The number of halogens is 3. The predicted octanol–water partition coefficient (Wildman–Crippen LogP) is 0.703. The van der Waals surface area contributed by atoms with Crippen LogP contribution in [0.3, 0.4) is 0 Å². The minimum Gasteiger partial charge on any atom is -0.741 e. The smallest absolute Gasteiger partial charge is 0.485 e. The fourth-order valence-corrected chi connectivity index (χ4v) is 1.75. The highest BCUT2D eigenvalue weighted by Crippen LogP contribution is 2.20. The molecular weight excluding hydrogens is 311 g/mol. The molecule has 0 aliphatic carbocycles. The van der Waals surface area contributed by atoms with E-state index in [4.69, 9.17) is 18.1 Å². The number of hydrogen-bond donors (Lipinski definition) is 2. The van der Waals surface area contributed by atoms with Gasteiger partial charge in [0.1, 0.15) is 11.4 Å². The number of alkyl halides is 3. The Labute approximate surface area is 120 Å². The molecule has 1 aliphatic heterocycles. The van der Waals surface area contributed by atoms with E-state index in [2.05, 4.69) is 13.1 Å². The van der Waals surface area contributed by atoms with Gasteiger partial charge in [0.2, 0.25) is 0 Å². The third-order valence-electron chi connectivity index (χ3n) is 2.79. The van der Waals surface area contributed by atoms with Crippen molar-refractivity contribution in [1.82, 2.24) is 0 Å². The first kappa shape index (κ1) is 17.5. The summed E-state index contributed by atoms with van der Waals surface area (Å²) in [6, 6.07) is 7.41. The average Bonchev–Trinajstić information content (AvgIpc) is 2.75. The van der Waals surface area contributed by atoms with Crippen molar-refractivity contribution in [3.8, 4) is 5.75 Å². The molecule has 1 aromatic carbocycles. The summed E-state index contributed by atoms with van der Waals surface area (Å²) in [5.41, 5.74) is -3.08. The van der Waals surface area contributed by atoms with Crippen molar-refractivity contribution in [3.05, 3.63) is 35.9 Å². The summed E-state index contributed by atoms with van der Waals surface area (Å²) in [5, 5.41) is 9.14. The van der Waals surface area contributed by atoms with Crippen molar-refractivity contribution in [1.29, 1.82) is 0 Å². The van der Waals surface area contributed by atoms with Gasteiger partial charge in [-0.15, -0.1) is 0 Å². The van der Waals surface area contributed by atoms with E-state index in [1.807, 2.05) is 12.1 Å². The van der Waals surface area contributed by atoms with Crippen molar-refractivity contribution in [2.24, 2.45) is 0 Å². The molecular formula is C12H14F3NO4S. The lowest BCUT2D eigenvalue weighted by Crippen LogP contribution is -3.04. The molecule has 5 nitrogen and oxygen atoms in total. The number of nitrogens with one attached hydrogen (secondary N) is 1. The summed E-state index contributed by atoms with van der Waals surface area (Å²) in [4.78, 5) is 1.45. The highest BCUT2D eigenvalue weighted by Gasteiger charge is 2.36.